The molecule has 0 fully saturated rings. The fourth-order valence-corrected chi connectivity index (χ4v) is 1.43. The van der Waals surface area contributed by atoms with Crippen LogP contribution in [-0.4, -0.2) is 0 Å². The molecule has 1 aromatic rings. The van der Waals surface area contributed by atoms with Crippen molar-refractivity contribution in [3.63, 3.8) is 0 Å². The van der Waals surface area contributed by atoms with Crippen LogP contribution in [0.1, 0.15) is 30.5 Å². The SMILES string of the molecule is C=Cc1ccc(CC)c(C(=C)C)c1. The Morgan fingerprint density at radius 3 is 2.62 bits per heavy atom. The van der Waals surface area contributed by atoms with Gasteiger partial charge in [-0.15, -0.1) is 0 Å². The molecule has 0 aliphatic carbocycles. The molecule has 0 bridgehead atoms. The second-order valence-corrected chi connectivity index (χ2v) is 3.25. The van der Waals surface area contributed by atoms with Gasteiger partial charge in [0.05, 0.1) is 0 Å². The molecule has 0 aliphatic heterocycles. The zero-order chi connectivity index (χ0) is 9.84. The monoisotopic (exact) mass is 172 g/mol. The normalized spacial score (nSPS) is 9.69. The molecule has 0 amide bonds. The van der Waals surface area contributed by atoms with Crippen molar-refractivity contribution in [3.8, 4) is 0 Å². The first-order valence-corrected chi connectivity index (χ1v) is 4.60. The second-order valence-electron chi connectivity index (χ2n) is 3.25. The maximum atomic E-state index is 3.98. The Balaban J connectivity index is 3.25. The van der Waals surface area contributed by atoms with E-state index >= 15 is 0 Å². The minimum absolute atomic E-state index is 1.06. The zero-order valence-electron chi connectivity index (χ0n) is 8.43. The van der Waals surface area contributed by atoms with Gasteiger partial charge in [-0.05, 0) is 36.1 Å². The first-order chi connectivity index (χ1) is 6.19. The van der Waals surface area contributed by atoms with Gasteiger partial charge in [0.1, 0.15) is 0 Å². The van der Waals surface area contributed by atoms with E-state index in [9.17, 15) is 0 Å². The van der Waals surface area contributed by atoms with Crippen molar-refractivity contribution in [2.24, 2.45) is 0 Å². The Bertz CT molecular complexity index is 332. The quantitative estimate of drug-likeness (QED) is 0.648. The van der Waals surface area contributed by atoms with Gasteiger partial charge in [-0.3, -0.25) is 0 Å². The lowest BCUT2D eigenvalue weighted by Crippen LogP contribution is -1.90. The fraction of sp³-hybridized carbons (Fsp3) is 0.231. The van der Waals surface area contributed by atoms with Crippen LogP contribution in [0.5, 0.6) is 0 Å². The topological polar surface area (TPSA) is 0 Å². The molecule has 0 unspecified atom stereocenters. The molecular formula is C13H16. The Labute approximate surface area is 80.6 Å². The first-order valence-electron chi connectivity index (χ1n) is 4.60. The molecular weight excluding hydrogens is 156 g/mol. The minimum Gasteiger partial charge on any atom is -0.0985 e. The first kappa shape index (κ1) is 9.79. The molecule has 0 aliphatic rings. The predicted molar refractivity (Wildman–Crippen MR) is 60.6 cm³/mol. The molecule has 0 heteroatoms. The summed E-state index contributed by atoms with van der Waals surface area (Å²) in [7, 11) is 0. The van der Waals surface area contributed by atoms with E-state index in [2.05, 4.69) is 38.3 Å². The molecule has 1 rings (SSSR count). The standard InChI is InChI=1S/C13H16/c1-5-11-7-8-12(6-2)13(9-11)10(3)4/h5,7-9H,1,3,6H2,2,4H3. The minimum atomic E-state index is 1.06. The van der Waals surface area contributed by atoms with Gasteiger partial charge in [0.2, 0.25) is 0 Å². The van der Waals surface area contributed by atoms with E-state index in [1.54, 1.807) is 0 Å². The summed E-state index contributed by atoms with van der Waals surface area (Å²) in [6.07, 6.45) is 2.92. The van der Waals surface area contributed by atoms with Crippen molar-refractivity contribution >= 4 is 11.6 Å². The number of benzene rings is 1. The Hall–Kier alpha value is -1.30. The lowest BCUT2D eigenvalue weighted by molar-refractivity contribution is 1.13. The maximum Gasteiger partial charge on any atom is -0.0195 e. The zero-order valence-corrected chi connectivity index (χ0v) is 8.43. The highest BCUT2D eigenvalue weighted by Crippen LogP contribution is 2.20. The molecule has 0 atom stereocenters. The van der Waals surface area contributed by atoms with E-state index in [1.807, 2.05) is 13.0 Å². The molecule has 0 saturated carbocycles. The number of allylic oxidation sites excluding steroid dienone is 1. The molecule has 0 nitrogen and oxygen atoms in total. The molecule has 0 aromatic heterocycles. The van der Waals surface area contributed by atoms with Gasteiger partial charge < -0.3 is 0 Å². The second kappa shape index (κ2) is 4.08. The summed E-state index contributed by atoms with van der Waals surface area (Å²) in [5.74, 6) is 0. The van der Waals surface area contributed by atoms with Gasteiger partial charge in [-0.2, -0.15) is 0 Å². The number of aryl methyl sites for hydroxylation is 1. The average molecular weight is 172 g/mol. The van der Waals surface area contributed by atoms with Crippen molar-refractivity contribution in [3.05, 3.63) is 48.0 Å². The van der Waals surface area contributed by atoms with Crippen LogP contribution < -0.4 is 0 Å². The van der Waals surface area contributed by atoms with Crippen molar-refractivity contribution < 1.29 is 0 Å². The number of hydrogen-bond donors (Lipinski definition) is 0. The molecule has 1 aromatic carbocycles. The lowest BCUT2D eigenvalue weighted by atomic mass is 9.97. The van der Waals surface area contributed by atoms with Crippen molar-refractivity contribution in [1.29, 1.82) is 0 Å². The fourth-order valence-electron chi connectivity index (χ4n) is 1.43. The third kappa shape index (κ3) is 2.09. The van der Waals surface area contributed by atoms with E-state index in [-0.39, 0.29) is 0 Å². The van der Waals surface area contributed by atoms with Gasteiger partial charge >= 0.3 is 0 Å². The highest BCUT2D eigenvalue weighted by atomic mass is 14.1. The number of hydrogen-bond acceptors (Lipinski definition) is 0. The van der Waals surface area contributed by atoms with E-state index in [1.165, 1.54) is 11.1 Å². The van der Waals surface area contributed by atoms with E-state index in [0.29, 0.717) is 0 Å². The van der Waals surface area contributed by atoms with Crippen LogP contribution in [0.2, 0.25) is 0 Å². The highest BCUT2D eigenvalue weighted by molar-refractivity contribution is 5.67. The van der Waals surface area contributed by atoms with Crippen LogP contribution in [0.3, 0.4) is 0 Å². The summed E-state index contributed by atoms with van der Waals surface area (Å²) in [5.41, 5.74) is 4.91. The van der Waals surface area contributed by atoms with Gasteiger partial charge in [-0.25, -0.2) is 0 Å². The Morgan fingerprint density at radius 1 is 1.46 bits per heavy atom. The summed E-state index contributed by atoms with van der Waals surface area (Å²) in [6.45, 7) is 11.9. The van der Waals surface area contributed by atoms with Gasteiger partial charge in [0.15, 0.2) is 0 Å². The average Bonchev–Trinajstić information content (AvgIpc) is 2.16. The highest BCUT2D eigenvalue weighted by Gasteiger charge is 2.01. The molecule has 0 heterocycles. The van der Waals surface area contributed by atoms with E-state index in [0.717, 1.165) is 17.6 Å². The van der Waals surface area contributed by atoms with Crippen molar-refractivity contribution in [2.45, 2.75) is 20.3 Å². The van der Waals surface area contributed by atoms with Crippen molar-refractivity contribution in [2.75, 3.05) is 0 Å². The maximum absolute atomic E-state index is 3.98. The Kier molecular flexibility index (Phi) is 3.07. The summed E-state index contributed by atoms with van der Waals surface area (Å²) in [5, 5.41) is 0. The van der Waals surface area contributed by atoms with Crippen LogP contribution in [0, 0.1) is 0 Å². The molecule has 13 heavy (non-hydrogen) atoms. The van der Waals surface area contributed by atoms with Crippen LogP contribution in [0.15, 0.2) is 31.4 Å². The summed E-state index contributed by atoms with van der Waals surface area (Å²) < 4.78 is 0. The van der Waals surface area contributed by atoms with Gasteiger partial charge in [0, 0.05) is 0 Å². The van der Waals surface area contributed by atoms with Crippen LogP contribution in [0.4, 0.5) is 0 Å². The molecule has 0 radical (unpaired) electrons. The van der Waals surface area contributed by atoms with Crippen LogP contribution >= 0.6 is 0 Å². The molecule has 0 spiro atoms. The summed E-state index contributed by atoms with van der Waals surface area (Å²) in [4.78, 5) is 0. The lowest BCUT2D eigenvalue weighted by Gasteiger charge is -2.08. The van der Waals surface area contributed by atoms with E-state index < -0.39 is 0 Å². The predicted octanol–water partition coefficient (Wildman–Crippen LogP) is 3.93. The summed E-state index contributed by atoms with van der Waals surface area (Å²) in [6, 6.07) is 6.40. The molecule has 68 valence electrons. The van der Waals surface area contributed by atoms with Crippen LogP contribution in [-0.2, 0) is 6.42 Å². The smallest absolute Gasteiger partial charge is 0.0195 e. The van der Waals surface area contributed by atoms with Gasteiger partial charge in [-0.1, -0.05) is 43.9 Å². The van der Waals surface area contributed by atoms with Gasteiger partial charge in [0.25, 0.3) is 0 Å². The third-order valence-corrected chi connectivity index (χ3v) is 2.21. The molecule has 0 N–H and O–H groups in total. The largest absolute Gasteiger partial charge is 0.0985 e. The third-order valence-electron chi connectivity index (χ3n) is 2.21. The Morgan fingerprint density at radius 2 is 2.15 bits per heavy atom. The van der Waals surface area contributed by atoms with Crippen LogP contribution in [0.25, 0.3) is 11.6 Å². The summed E-state index contributed by atoms with van der Waals surface area (Å²) >= 11 is 0. The van der Waals surface area contributed by atoms with E-state index in [4.69, 9.17) is 0 Å². The van der Waals surface area contributed by atoms with Crippen molar-refractivity contribution in [1.82, 2.24) is 0 Å². The molecule has 0 saturated heterocycles. The number of rotatable bonds is 3.